The van der Waals surface area contributed by atoms with Crippen LogP contribution in [-0.2, 0) is 6.42 Å². The minimum absolute atomic E-state index is 0.0146. The summed E-state index contributed by atoms with van der Waals surface area (Å²) >= 11 is 0. The number of aromatic nitrogens is 3. The summed E-state index contributed by atoms with van der Waals surface area (Å²) in [6, 6.07) is 12.2. The first kappa shape index (κ1) is 16.6. The number of carbonyl (C=O) groups excluding carboxylic acids is 1. The molecule has 0 spiro atoms. The van der Waals surface area contributed by atoms with Gasteiger partial charge in [-0.2, -0.15) is 0 Å². The van der Waals surface area contributed by atoms with Crippen LogP contribution in [0.25, 0.3) is 10.9 Å². The molecule has 5 nitrogen and oxygen atoms in total. The van der Waals surface area contributed by atoms with Gasteiger partial charge in [0, 0.05) is 30.9 Å². The highest BCUT2D eigenvalue weighted by Gasteiger charge is 2.25. The molecule has 3 heterocycles. The lowest BCUT2D eigenvalue weighted by molar-refractivity contribution is 0.0684. The van der Waals surface area contributed by atoms with Crippen molar-refractivity contribution in [3.8, 4) is 0 Å². The molecule has 132 valence electrons. The maximum absolute atomic E-state index is 12.6. The van der Waals surface area contributed by atoms with E-state index in [0.717, 1.165) is 37.9 Å². The van der Waals surface area contributed by atoms with E-state index in [9.17, 15) is 4.79 Å². The van der Waals surface area contributed by atoms with Gasteiger partial charge in [0.25, 0.3) is 5.91 Å². The first-order valence-electron chi connectivity index (χ1n) is 9.12. The van der Waals surface area contributed by atoms with Crippen molar-refractivity contribution < 1.29 is 4.79 Å². The molecule has 5 heteroatoms. The molecule has 4 rings (SSSR count). The number of aryl methyl sites for hydroxylation is 1. The summed E-state index contributed by atoms with van der Waals surface area (Å²) in [4.78, 5) is 27.4. The van der Waals surface area contributed by atoms with Gasteiger partial charge in [0.05, 0.1) is 5.52 Å². The Balaban J connectivity index is 1.41. The number of likely N-dealkylation sites (tertiary alicyclic amines) is 1. The Hall–Kier alpha value is -2.82. The van der Waals surface area contributed by atoms with Crippen LogP contribution in [0.2, 0.25) is 0 Å². The fraction of sp³-hybridized carbons (Fsp3) is 0.333. The molecule has 0 saturated carbocycles. The minimum atomic E-state index is 0.0146. The summed E-state index contributed by atoms with van der Waals surface area (Å²) in [7, 11) is 0. The molecule has 0 unspecified atom stereocenters. The van der Waals surface area contributed by atoms with Crippen molar-refractivity contribution in [2.75, 3.05) is 13.1 Å². The highest BCUT2D eigenvalue weighted by atomic mass is 16.2. The van der Waals surface area contributed by atoms with Gasteiger partial charge in [-0.1, -0.05) is 24.3 Å². The lowest BCUT2D eigenvalue weighted by atomic mass is 9.89. The van der Waals surface area contributed by atoms with Crippen molar-refractivity contribution in [3.63, 3.8) is 0 Å². The van der Waals surface area contributed by atoms with E-state index < -0.39 is 0 Å². The molecule has 0 aliphatic carbocycles. The van der Waals surface area contributed by atoms with Crippen molar-refractivity contribution >= 4 is 16.8 Å². The normalized spacial score (nSPS) is 15.3. The van der Waals surface area contributed by atoms with Gasteiger partial charge in [0.1, 0.15) is 11.5 Å². The fourth-order valence-electron chi connectivity index (χ4n) is 3.72. The summed E-state index contributed by atoms with van der Waals surface area (Å²) in [6.07, 6.45) is 6.55. The Morgan fingerprint density at radius 2 is 1.88 bits per heavy atom. The smallest absolute Gasteiger partial charge is 0.272 e. The molecule has 26 heavy (non-hydrogen) atoms. The van der Waals surface area contributed by atoms with Gasteiger partial charge in [-0.3, -0.25) is 9.78 Å². The van der Waals surface area contributed by atoms with E-state index in [0.29, 0.717) is 17.4 Å². The van der Waals surface area contributed by atoms with E-state index in [1.54, 1.807) is 19.2 Å². The molecule has 0 atom stereocenters. The van der Waals surface area contributed by atoms with Crippen LogP contribution >= 0.6 is 0 Å². The molecule has 2 aromatic heterocycles. The van der Waals surface area contributed by atoms with Crippen LogP contribution in [0.3, 0.4) is 0 Å². The summed E-state index contributed by atoms with van der Waals surface area (Å²) in [5.41, 5.74) is 2.90. The van der Waals surface area contributed by atoms with Gasteiger partial charge < -0.3 is 4.90 Å². The average molecular weight is 346 g/mol. The topological polar surface area (TPSA) is 59.0 Å². The third-order valence-electron chi connectivity index (χ3n) is 5.12. The van der Waals surface area contributed by atoms with E-state index in [2.05, 4.69) is 39.2 Å². The molecule has 0 radical (unpaired) electrons. The number of hydrogen-bond donors (Lipinski definition) is 0. The van der Waals surface area contributed by atoms with Crippen LogP contribution in [0.15, 0.2) is 48.8 Å². The molecule has 1 fully saturated rings. The number of fused-ring (bicyclic) bond motifs is 1. The Morgan fingerprint density at radius 1 is 1.08 bits per heavy atom. The number of benzene rings is 1. The zero-order valence-electron chi connectivity index (χ0n) is 14.9. The van der Waals surface area contributed by atoms with Gasteiger partial charge in [0.15, 0.2) is 0 Å². The van der Waals surface area contributed by atoms with Crippen LogP contribution < -0.4 is 0 Å². The molecule has 1 amide bonds. The number of nitrogens with zero attached hydrogens (tertiary/aromatic N) is 4. The largest absolute Gasteiger partial charge is 0.337 e. The lowest BCUT2D eigenvalue weighted by Gasteiger charge is -2.32. The van der Waals surface area contributed by atoms with E-state index in [4.69, 9.17) is 0 Å². The number of pyridine rings is 1. The minimum Gasteiger partial charge on any atom is -0.337 e. The molecule has 1 saturated heterocycles. The van der Waals surface area contributed by atoms with Crippen molar-refractivity contribution in [2.45, 2.75) is 26.2 Å². The third kappa shape index (κ3) is 3.43. The molecular weight excluding hydrogens is 324 g/mol. The number of rotatable bonds is 3. The van der Waals surface area contributed by atoms with Gasteiger partial charge in [-0.05, 0) is 49.8 Å². The zero-order chi connectivity index (χ0) is 17.9. The number of piperidine rings is 1. The first-order chi connectivity index (χ1) is 12.7. The monoisotopic (exact) mass is 346 g/mol. The second-order valence-corrected chi connectivity index (χ2v) is 6.92. The Kier molecular flexibility index (Phi) is 4.61. The maximum atomic E-state index is 12.6. The summed E-state index contributed by atoms with van der Waals surface area (Å²) in [5.74, 6) is 1.23. The quantitative estimate of drug-likeness (QED) is 0.729. The fourth-order valence-corrected chi connectivity index (χ4v) is 3.72. The summed E-state index contributed by atoms with van der Waals surface area (Å²) in [5, 5.41) is 1.19. The Labute approximate surface area is 153 Å². The zero-order valence-corrected chi connectivity index (χ0v) is 14.9. The molecule has 0 bridgehead atoms. The summed E-state index contributed by atoms with van der Waals surface area (Å²) < 4.78 is 0. The number of para-hydroxylation sites is 1. The standard InChI is InChI=1S/C21H22N4O/c1-15-22-11-7-19(24-15)21(26)25-12-8-16(9-13-25)14-18-5-2-4-17-6-3-10-23-20(17)18/h2-7,10-11,16H,8-9,12-14H2,1H3. The molecule has 0 N–H and O–H groups in total. The molecule has 1 aliphatic heterocycles. The van der Waals surface area contributed by atoms with Gasteiger partial charge >= 0.3 is 0 Å². The van der Waals surface area contributed by atoms with Crippen molar-refractivity contribution in [3.05, 3.63) is 65.9 Å². The van der Waals surface area contributed by atoms with Crippen molar-refractivity contribution in [1.82, 2.24) is 19.9 Å². The molecular formula is C21H22N4O. The summed E-state index contributed by atoms with van der Waals surface area (Å²) in [6.45, 7) is 3.37. The SMILES string of the molecule is Cc1nccc(C(=O)N2CCC(Cc3cccc4cccnc34)CC2)n1. The van der Waals surface area contributed by atoms with Crippen LogP contribution in [0.4, 0.5) is 0 Å². The molecule has 1 aromatic carbocycles. The number of hydrogen-bond acceptors (Lipinski definition) is 4. The number of carbonyl (C=O) groups is 1. The predicted octanol–water partition coefficient (Wildman–Crippen LogP) is 3.43. The van der Waals surface area contributed by atoms with E-state index in [1.165, 1.54) is 10.9 Å². The highest BCUT2D eigenvalue weighted by Crippen LogP contribution is 2.25. The van der Waals surface area contributed by atoms with Gasteiger partial charge in [0.2, 0.25) is 0 Å². The van der Waals surface area contributed by atoms with Crippen LogP contribution in [-0.4, -0.2) is 38.8 Å². The second kappa shape index (κ2) is 7.20. The third-order valence-corrected chi connectivity index (χ3v) is 5.12. The van der Waals surface area contributed by atoms with Crippen LogP contribution in [0.1, 0.15) is 34.7 Å². The highest BCUT2D eigenvalue weighted by molar-refractivity contribution is 5.92. The van der Waals surface area contributed by atoms with E-state index in [-0.39, 0.29) is 5.91 Å². The molecule has 3 aromatic rings. The predicted molar refractivity (Wildman–Crippen MR) is 101 cm³/mol. The van der Waals surface area contributed by atoms with Crippen molar-refractivity contribution in [1.29, 1.82) is 0 Å². The second-order valence-electron chi connectivity index (χ2n) is 6.92. The average Bonchev–Trinajstić information content (AvgIpc) is 2.68. The van der Waals surface area contributed by atoms with Crippen molar-refractivity contribution in [2.24, 2.45) is 5.92 Å². The van der Waals surface area contributed by atoms with Crippen LogP contribution in [0.5, 0.6) is 0 Å². The van der Waals surface area contributed by atoms with Crippen LogP contribution in [0, 0.1) is 12.8 Å². The Morgan fingerprint density at radius 3 is 2.69 bits per heavy atom. The maximum Gasteiger partial charge on any atom is 0.272 e. The lowest BCUT2D eigenvalue weighted by Crippen LogP contribution is -2.39. The Bertz CT molecular complexity index is 927. The van der Waals surface area contributed by atoms with E-state index >= 15 is 0 Å². The molecule has 1 aliphatic rings. The first-order valence-corrected chi connectivity index (χ1v) is 9.12. The number of amides is 1. The van der Waals surface area contributed by atoms with E-state index in [1.807, 2.05) is 17.2 Å². The van der Waals surface area contributed by atoms with Gasteiger partial charge in [-0.15, -0.1) is 0 Å². The van der Waals surface area contributed by atoms with Gasteiger partial charge in [-0.25, -0.2) is 9.97 Å².